The first-order chi connectivity index (χ1) is 9.33. The second kappa shape index (κ2) is 6.04. The van der Waals surface area contributed by atoms with E-state index in [1.165, 1.54) is 0 Å². The third kappa shape index (κ3) is 3.87. The van der Waals surface area contributed by atoms with Gasteiger partial charge in [-0.25, -0.2) is 0 Å². The van der Waals surface area contributed by atoms with Gasteiger partial charge in [-0.15, -0.1) is 0 Å². The van der Waals surface area contributed by atoms with Crippen LogP contribution in [0.2, 0.25) is 0 Å². The third-order valence-corrected chi connectivity index (χ3v) is 1.93. The molecule has 0 unspecified atom stereocenters. The molecule has 0 bridgehead atoms. The molecule has 2 aromatic rings. The van der Waals surface area contributed by atoms with Crippen LogP contribution in [0.4, 0.5) is 17.8 Å². The van der Waals surface area contributed by atoms with Gasteiger partial charge in [0, 0.05) is 12.1 Å². The lowest BCUT2D eigenvalue weighted by atomic mass is 10.2. The normalized spacial score (nSPS) is 9.40. The molecule has 0 spiro atoms. The van der Waals surface area contributed by atoms with E-state index in [0.29, 0.717) is 6.29 Å². The standard InChI is InChI=1S/C7H6O4.C3H6N6/c8-3-5-6(10)1-4(9)2-7(5)11;4-1-7-2(5)9-3(6)8-1/h1-3,9-11H;(H6,4,5,6,7,8,9). The number of phenolic OH excluding ortho intramolecular Hbond substituents is 3. The van der Waals surface area contributed by atoms with E-state index >= 15 is 0 Å². The number of anilines is 3. The third-order valence-electron chi connectivity index (χ3n) is 1.93. The monoisotopic (exact) mass is 280 g/mol. The number of nitrogens with two attached hydrogens (primary N) is 3. The summed E-state index contributed by atoms with van der Waals surface area (Å²) in [5.41, 5.74) is 15.2. The summed E-state index contributed by atoms with van der Waals surface area (Å²) in [6, 6.07) is 1.95. The van der Waals surface area contributed by atoms with E-state index in [0.717, 1.165) is 12.1 Å². The van der Waals surface area contributed by atoms with Crippen LogP contribution >= 0.6 is 0 Å². The van der Waals surface area contributed by atoms with Crippen molar-refractivity contribution in [3.05, 3.63) is 17.7 Å². The van der Waals surface area contributed by atoms with Crippen molar-refractivity contribution < 1.29 is 20.1 Å². The molecule has 10 nitrogen and oxygen atoms in total. The Labute approximate surface area is 112 Å². The lowest BCUT2D eigenvalue weighted by Gasteiger charge is -2.00. The molecule has 0 aliphatic heterocycles. The fraction of sp³-hybridized carbons (Fsp3) is 0. The summed E-state index contributed by atoms with van der Waals surface area (Å²) < 4.78 is 0. The quantitative estimate of drug-likeness (QED) is 0.361. The van der Waals surface area contributed by atoms with Crippen molar-refractivity contribution in [2.75, 3.05) is 17.2 Å². The SMILES string of the molecule is Nc1nc(N)nc(N)n1.O=Cc1c(O)cc(O)cc1O. The van der Waals surface area contributed by atoms with Gasteiger partial charge in [-0.05, 0) is 0 Å². The molecule has 2 rings (SSSR count). The summed E-state index contributed by atoms with van der Waals surface area (Å²) >= 11 is 0. The molecule has 10 heteroatoms. The zero-order valence-electron chi connectivity index (χ0n) is 10.1. The average molecular weight is 280 g/mol. The van der Waals surface area contributed by atoms with Gasteiger partial charge in [0.15, 0.2) is 6.29 Å². The Bertz CT molecular complexity index is 560. The van der Waals surface area contributed by atoms with E-state index in [1.54, 1.807) is 0 Å². The van der Waals surface area contributed by atoms with Crippen molar-refractivity contribution in [1.82, 2.24) is 15.0 Å². The smallest absolute Gasteiger partial charge is 0.226 e. The summed E-state index contributed by atoms with van der Waals surface area (Å²) in [6.07, 6.45) is 0.310. The molecule has 0 saturated heterocycles. The van der Waals surface area contributed by atoms with Crippen molar-refractivity contribution in [2.45, 2.75) is 0 Å². The van der Waals surface area contributed by atoms with Gasteiger partial charge in [0.1, 0.15) is 17.2 Å². The highest BCUT2D eigenvalue weighted by Crippen LogP contribution is 2.29. The highest BCUT2D eigenvalue weighted by atomic mass is 16.3. The minimum atomic E-state index is -0.433. The molecule has 1 aromatic heterocycles. The predicted octanol–water partition coefficient (Wildman–Crippen LogP) is -0.766. The second-order valence-electron chi connectivity index (χ2n) is 3.43. The number of phenols is 3. The maximum atomic E-state index is 10.2. The zero-order valence-corrected chi connectivity index (χ0v) is 10.1. The van der Waals surface area contributed by atoms with Crippen molar-refractivity contribution >= 4 is 24.1 Å². The molecular weight excluding hydrogens is 268 g/mol. The van der Waals surface area contributed by atoms with Crippen LogP contribution in [0.15, 0.2) is 12.1 Å². The lowest BCUT2D eigenvalue weighted by Crippen LogP contribution is -2.05. The maximum absolute atomic E-state index is 10.2. The Balaban J connectivity index is 0.000000204. The number of benzene rings is 1. The Morgan fingerprint density at radius 3 is 1.50 bits per heavy atom. The fourth-order valence-electron chi connectivity index (χ4n) is 1.16. The highest BCUT2D eigenvalue weighted by Gasteiger charge is 2.07. The number of rotatable bonds is 1. The Morgan fingerprint density at radius 1 is 0.850 bits per heavy atom. The van der Waals surface area contributed by atoms with Crippen LogP contribution in [0.3, 0.4) is 0 Å². The van der Waals surface area contributed by atoms with Gasteiger partial charge in [0.05, 0.1) is 5.56 Å². The van der Waals surface area contributed by atoms with Crippen molar-refractivity contribution in [1.29, 1.82) is 0 Å². The van der Waals surface area contributed by atoms with Crippen LogP contribution in [0.5, 0.6) is 17.2 Å². The van der Waals surface area contributed by atoms with Gasteiger partial charge < -0.3 is 32.5 Å². The summed E-state index contributed by atoms with van der Waals surface area (Å²) in [5, 5.41) is 26.6. The first kappa shape index (κ1) is 14.8. The molecule has 20 heavy (non-hydrogen) atoms. The first-order valence-electron chi connectivity index (χ1n) is 5.06. The molecule has 0 fully saturated rings. The van der Waals surface area contributed by atoms with E-state index in [2.05, 4.69) is 15.0 Å². The minimum absolute atomic E-state index is 0.0417. The van der Waals surface area contributed by atoms with Gasteiger partial charge in [-0.3, -0.25) is 4.79 Å². The summed E-state index contributed by atoms with van der Waals surface area (Å²) in [4.78, 5) is 20.6. The number of nitrogen functional groups attached to an aromatic ring is 3. The molecular formula is C10H12N6O4. The average Bonchev–Trinajstić information content (AvgIpc) is 2.26. The number of carbonyl (C=O) groups is 1. The Kier molecular flexibility index (Phi) is 4.46. The highest BCUT2D eigenvalue weighted by molar-refractivity contribution is 5.83. The Hall–Kier alpha value is -3.30. The number of hydrogen-bond acceptors (Lipinski definition) is 10. The molecule has 9 N–H and O–H groups in total. The van der Waals surface area contributed by atoms with Crippen LogP contribution in [-0.4, -0.2) is 36.6 Å². The van der Waals surface area contributed by atoms with E-state index in [-0.39, 0.29) is 29.2 Å². The van der Waals surface area contributed by atoms with E-state index in [9.17, 15) is 4.79 Å². The second-order valence-corrected chi connectivity index (χ2v) is 3.43. The fourth-order valence-corrected chi connectivity index (χ4v) is 1.16. The van der Waals surface area contributed by atoms with Gasteiger partial charge in [0.25, 0.3) is 0 Å². The van der Waals surface area contributed by atoms with Gasteiger partial charge in [0.2, 0.25) is 17.8 Å². The van der Waals surface area contributed by atoms with Crippen molar-refractivity contribution in [3.63, 3.8) is 0 Å². The predicted molar refractivity (Wildman–Crippen MR) is 69.9 cm³/mol. The number of aldehydes is 1. The van der Waals surface area contributed by atoms with E-state index < -0.39 is 11.5 Å². The molecule has 106 valence electrons. The van der Waals surface area contributed by atoms with E-state index in [4.69, 9.17) is 32.5 Å². The lowest BCUT2D eigenvalue weighted by molar-refractivity contribution is 0.111. The number of nitrogens with zero attached hydrogens (tertiary/aromatic N) is 3. The maximum Gasteiger partial charge on any atom is 0.226 e. The van der Waals surface area contributed by atoms with Gasteiger partial charge >= 0.3 is 0 Å². The van der Waals surface area contributed by atoms with Gasteiger partial charge in [-0.1, -0.05) is 0 Å². The minimum Gasteiger partial charge on any atom is -0.508 e. The van der Waals surface area contributed by atoms with Crippen LogP contribution < -0.4 is 17.2 Å². The summed E-state index contributed by atoms with van der Waals surface area (Å²) in [6.45, 7) is 0. The molecule has 0 saturated carbocycles. The number of hydrogen-bond donors (Lipinski definition) is 6. The molecule has 0 aliphatic rings. The van der Waals surface area contributed by atoms with Gasteiger partial charge in [-0.2, -0.15) is 15.0 Å². The van der Waals surface area contributed by atoms with Crippen LogP contribution in [0.1, 0.15) is 10.4 Å². The summed E-state index contributed by atoms with van der Waals surface area (Å²) in [7, 11) is 0. The van der Waals surface area contributed by atoms with Crippen LogP contribution in [0.25, 0.3) is 0 Å². The molecule has 0 aliphatic carbocycles. The van der Waals surface area contributed by atoms with Crippen LogP contribution in [-0.2, 0) is 0 Å². The van der Waals surface area contributed by atoms with Crippen molar-refractivity contribution in [2.24, 2.45) is 0 Å². The Morgan fingerprint density at radius 2 is 1.20 bits per heavy atom. The molecule has 0 atom stereocenters. The molecule has 1 aromatic carbocycles. The topological polar surface area (TPSA) is 194 Å². The molecule has 0 amide bonds. The number of aromatic nitrogens is 3. The van der Waals surface area contributed by atoms with E-state index in [1.807, 2.05) is 0 Å². The largest absolute Gasteiger partial charge is 0.508 e. The summed E-state index contributed by atoms with van der Waals surface area (Å²) in [5.74, 6) is -1.03. The number of aromatic hydroxyl groups is 3. The van der Waals surface area contributed by atoms with Crippen LogP contribution in [0, 0.1) is 0 Å². The molecule has 0 radical (unpaired) electrons. The first-order valence-corrected chi connectivity index (χ1v) is 5.06. The zero-order chi connectivity index (χ0) is 15.3. The molecule has 1 heterocycles. The number of carbonyl (C=O) groups excluding carboxylic acids is 1. The van der Waals surface area contributed by atoms with Crippen molar-refractivity contribution in [3.8, 4) is 17.2 Å².